The first-order chi connectivity index (χ1) is 7.65. The second kappa shape index (κ2) is 3.92. The summed E-state index contributed by atoms with van der Waals surface area (Å²) >= 11 is 0. The van der Waals surface area contributed by atoms with Crippen LogP contribution in [0.5, 0.6) is 0 Å². The predicted octanol–water partition coefficient (Wildman–Crippen LogP) is 1.24. The number of esters is 1. The van der Waals surface area contributed by atoms with Crippen LogP contribution in [0.2, 0.25) is 0 Å². The Kier molecular flexibility index (Phi) is 2.60. The lowest BCUT2D eigenvalue weighted by Gasteiger charge is -2.09. The molecule has 0 aliphatic heterocycles. The standard InChI is InChI=1S/C11H13N3O2/c1-7(11(15)16-3)8-5-4-6-9-10(8)12-13-14(9)2/h4-7H,1-3H3. The number of methoxy groups -OCH3 is 1. The Morgan fingerprint density at radius 3 is 2.94 bits per heavy atom. The molecular formula is C11H13N3O2. The van der Waals surface area contributed by atoms with Crippen LogP contribution in [0.15, 0.2) is 18.2 Å². The zero-order valence-electron chi connectivity index (χ0n) is 9.47. The van der Waals surface area contributed by atoms with E-state index in [0.717, 1.165) is 16.6 Å². The highest BCUT2D eigenvalue weighted by molar-refractivity contribution is 5.86. The second-order valence-electron chi connectivity index (χ2n) is 3.67. The maximum absolute atomic E-state index is 11.5. The molecule has 0 fully saturated rings. The van der Waals surface area contributed by atoms with Gasteiger partial charge in [-0.15, -0.1) is 5.10 Å². The average Bonchev–Trinajstić information content (AvgIpc) is 2.69. The summed E-state index contributed by atoms with van der Waals surface area (Å²) in [4.78, 5) is 11.5. The van der Waals surface area contributed by atoms with E-state index in [9.17, 15) is 4.79 Å². The molecule has 0 bridgehead atoms. The Hall–Kier alpha value is -1.91. The van der Waals surface area contributed by atoms with Gasteiger partial charge in [0.15, 0.2) is 0 Å². The second-order valence-corrected chi connectivity index (χ2v) is 3.67. The van der Waals surface area contributed by atoms with Crippen molar-refractivity contribution < 1.29 is 9.53 Å². The summed E-state index contributed by atoms with van der Waals surface area (Å²) in [6, 6.07) is 5.68. The zero-order chi connectivity index (χ0) is 11.7. The van der Waals surface area contributed by atoms with Crippen molar-refractivity contribution in [2.24, 2.45) is 7.05 Å². The Balaban J connectivity index is 2.56. The molecule has 5 heteroatoms. The van der Waals surface area contributed by atoms with Gasteiger partial charge in [-0.05, 0) is 18.6 Å². The molecule has 0 saturated heterocycles. The Morgan fingerprint density at radius 2 is 2.25 bits per heavy atom. The van der Waals surface area contributed by atoms with Crippen LogP contribution in [0.4, 0.5) is 0 Å². The van der Waals surface area contributed by atoms with Crippen LogP contribution in [0.25, 0.3) is 11.0 Å². The molecule has 0 spiro atoms. The highest BCUT2D eigenvalue weighted by Crippen LogP contribution is 2.24. The molecule has 0 radical (unpaired) electrons. The molecule has 0 saturated carbocycles. The van der Waals surface area contributed by atoms with Crippen molar-refractivity contribution in [3.63, 3.8) is 0 Å². The summed E-state index contributed by atoms with van der Waals surface area (Å²) in [6.45, 7) is 1.80. The number of hydrogen-bond donors (Lipinski definition) is 0. The summed E-state index contributed by atoms with van der Waals surface area (Å²) in [7, 11) is 3.21. The minimum atomic E-state index is -0.328. The van der Waals surface area contributed by atoms with Gasteiger partial charge in [-0.2, -0.15) is 0 Å². The van der Waals surface area contributed by atoms with Gasteiger partial charge in [0.25, 0.3) is 0 Å². The maximum Gasteiger partial charge on any atom is 0.312 e. The Labute approximate surface area is 93.0 Å². The molecule has 1 unspecified atom stereocenters. The molecule has 84 valence electrons. The van der Waals surface area contributed by atoms with Crippen LogP contribution in [0, 0.1) is 0 Å². The van der Waals surface area contributed by atoms with Gasteiger partial charge in [0, 0.05) is 7.05 Å². The fourth-order valence-electron chi connectivity index (χ4n) is 1.73. The van der Waals surface area contributed by atoms with Gasteiger partial charge >= 0.3 is 5.97 Å². The molecule has 0 aliphatic rings. The first kappa shape index (κ1) is 10.6. The van der Waals surface area contributed by atoms with Gasteiger partial charge in [-0.1, -0.05) is 17.3 Å². The van der Waals surface area contributed by atoms with Gasteiger partial charge in [0.05, 0.1) is 18.5 Å². The van der Waals surface area contributed by atoms with Crippen LogP contribution >= 0.6 is 0 Å². The SMILES string of the molecule is COC(=O)C(C)c1cccc2c1nnn2C. The minimum absolute atomic E-state index is 0.266. The molecule has 1 heterocycles. The quantitative estimate of drug-likeness (QED) is 0.713. The summed E-state index contributed by atoms with van der Waals surface area (Å²) in [5, 5.41) is 8.00. The van der Waals surface area contributed by atoms with Crippen molar-refractivity contribution in [3.8, 4) is 0 Å². The molecular weight excluding hydrogens is 206 g/mol. The van der Waals surface area contributed by atoms with E-state index >= 15 is 0 Å². The van der Waals surface area contributed by atoms with E-state index < -0.39 is 0 Å². The highest BCUT2D eigenvalue weighted by atomic mass is 16.5. The fourth-order valence-corrected chi connectivity index (χ4v) is 1.73. The number of rotatable bonds is 2. The van der Waals surface area contributed by atoms with E-state index in [-0.39, 0.29) is 11.9 Å². The largest absolute Gasteiger partial charge is 0.469 e. The van der Waals surface area contributed by atoms with Crippen molar-refractivity contribution in [2.45, 2.75) is 12.8 Å². The number of hydrogen-bond acceptors (Lipinski definition) is 4. The van der Waals surface area contributed by atoms with Crippen molar-refractivity contribution in [3.05, 3.63) is 23.8 Å². The third kappa shape index (κ3) is 1.54. The lowest BCUT2D eigenvalue weighted by Crippen LogP contribution is -2.11. The van der Waals surface area contributed by atoms with Crippen molar-refractivity contribution >= 4 is 17.0 Å². The third-order valence-corrected chi connectivity index (χ3v) is 2.69. The number of aromatic nitrogens is 3. The van der Waals surface area contributed by atoms with Crippen molar-refractivity contribution in [1.82, 2.24) is 15.0 Å². The Morgan fingerprint density at radius 1 is 1.50 bits per heavy atom. The van der Waals surface area contributed by atoms with Crippen LogP contribution in [-0.2, 0) is 16.6 Å². The average molecular weight is 219 g/mol. The fraction of sp³-hybridized carbons (Fsp3) is 0.364. The van der Waals surface area contributed by atoms with Gasteiger partial charge in [0.1, 0.15) is 5.52 Å². The molecule has 1 aromatic carbocycles. The van der Waals surface area contributed by atoms with Crippen LogP contribution in [0.3, 0.4) is 0 Å². The maximum atomic E-state index is 11.5. The number of ether oxygens (including phenoxy) is 1. The van der Waals surface area contributed by atoms with Gasteiger partial charge in [-0.25, -0.2) is 4.68 Å². The normalized spacial score (nSPS) is 12.7. The topological polar surface area (TPSA) is 57.0 Å². The first-order valence-corrected chi connectivity index (χ1v) is 5.01. The molecule has 0 N–H and O–H groups in total. The highest BCUT2D eigenvalue weighted by Gasteiger charge is 2.19. The molecule has 16 heavy (non-hydrogen) atoms. The van der Waals surface area contributed by atoms with Gasteiger partial charge in [0.2, 0.25) is 0 Å². The van der Waals surface area contributed by atoms with Gasteiger partial charge < -0.3 is 4.74 Å². The Bertz CT molecular complexity index is 533. The summed E-state index contributed by atoms with van der Waals surface area (Å²) in [5.74, 6) is -0.594. The number of carbonyl (C=O) groups excluding carboxylic acids is 1. The molecule has 5 nitrogen and oxygen atoms in total. The van der Waals surface area contributed by atoms with E-state index in [1.165, 1.54) is 7.11 Å². The van der Waals surface area contributed by atoms with E-state index in [1.54, 1.807) is 11.6 Å². The van der Waals surface area contributed by atoms with Crippen LogP contribution < -0.4 is 0 Å². The smallest absolute Gasteiger partial charge is 0.312 e. The molecule has 0 amide bonds. The lowest BCUT2D eigenvalue weighted by atomic mass is 10.00. The first-order valence-electron chi connectivity index (χ1n) is 5.01. The monoisotopic (exact) mass is 219 g/mol. The minimum Gasteiger partial charge on any atom is -0.469 e. The molecule has 1 atom stereocenters. The molecule has 2 rings (SSSR count). The van der Waals surface area contributed by atoms with E-state index in [4.69, 9.17) is 4.74 Å². The zero-order valence-corrected chi connectivity index (χ0v) is 9.47. The van der Waals surface area contributed by atoms with Crippen molar-refractivity contribution in [2.75, 3.05) is 7.11 Å². The molecule has 0 aliphatic carbocycles. The molecule has 2 aromatic rings. The van der Waals surface area contributed by atoms with Crippen LogP contribution in [-0.4, -0.2) is 28.1 Å². The van der Waals surface area contributed by atoms with Crippen LogP contribution in [0.1, 0.15) is 18.4 Å². The van der Waals surface area contributed by atoms with E-state index in [0.29, 0.717) is 0 Å². The number of fused-ring (bicyclic) bond motifs is 1. The summed E-state index contributed by atoms with van der Waals surface area (Å²) in [5.41, 5.74) is 2.51. The molecule has 1 aromatic heterocycles. The number of nitrogens with zero attached hydrogens (tertiary/aromatic N) is 3. The van der Waals surface area contributed by atoms with E-state index in [1.807, 2.05) is 25.2 Å². The third-order valence-electron chi connectivity index (χ3n) is 2.69. The number of benzene rings is 1. The van der Waals surface area contributed by atoms with Gasteiger partial charge in [-0.3, -0.25) is 4.79 Å². The lowest BCUT2D eigenvalue weighted by molar-refractivity contribution is -0.141. The number of carbonyl (C=O) groups is 1. The predicted molar refractivity (Wildman–Crippen MR) is 58.9 cm³/mol. The summed E-state index contributed by atoms with van der Waals surface area (Å²) < 4.78 is 6.41. The number of aryl methyl sites for hydroxylation is 1. The van der Waals surface area contributed by atoms with E-state index in [2.05, 4.69) is 10.3 Å². The summed E-state index contributed by atoms with van der Waals surface area (Å²) in [6.07, 6.45) is 0. The van der Waals surface area contributed by atoms with Crippen molar-refractivity contribution in [1.29, 1.82) is 0 Å².